The summed E-state index contributed by atoms with van der Waals surface area (Å²) in [5.41, 5.74) is 2.42. The van der Waals surface area contributed by atoms with Crippen molar-refractivity contribution >= 4 is 11.6 Å². The van der Waals surface area contributed by atoms with Gasteiger partial charge in [0.1, 0.15) is 6.07 Å². The molecule has 2 heteroatoms. The molecule has 0 saturated carbocycles. The summed E-state index contributed by atoms with van der Waals surface area (Å²) in [7, 11) is 0. The number of benzene rings is 2. The van der Waals surface area contributed by atoms with Gasteiger partial charge < -0.3 is 0 Å². The fourth-order valence-electron chi connectivity index (χ4n) is 1.50. The van der Waals surface area contributed by atoms with E-state index in [0.29, 0.717) is 10.6 Å². The first-order chi connectivity index (χ1) is 7.33. The summed E-state index contributed by atoms with van der Waals surface area (Å²) < 4.78 is 0. The average molecular weight is 214 g/mol. The van der Waals surface area contributed by atoms with E-state index in [9.17, 15) is 0 Å². The van der Waals surface area contributed by atoms with Crippen LogP contribution in [-0.4, -0.2) is 0 Å². The number of nitriles is 1. The van der Waals surface area contributed by atoms with Crippen LogP contribution in [-0.2, 0) is 0 Å². The molecule has 0 heterocycles. The van der Waals surface area contributed by atoms with E-state index in [1.807, 2.05) is 42.5 Å². The van der Waals surface area contributed by atoms with Gasteiger partial charge in [-0.1, -0.05) is 54.1 Å². The van der Waals surface area contributed by atoms with E-state index in [2.05, 4.69) is 6.07 Å². The van der Waals surface area contributed by atoms with Crippen molar-refractivity contribution in [2.45, 2.75) is 0 Å². The molecule has 0 aliphatic rings. The summed E-state index contributed by atoms with van der Waals surface area (Å²) in [5.74, 6) is 0. The molecule has 0 aromatic heterocycles. The van der Waals surface area contributed by atoms with Gasteiger partial charge in [-0.2, -0.15) is 5.26 Å². The zero-order chi connectivity index (χ0) is 10.7. The molecule has 2 aromatic carbocycles. The lowest BCUT2D eigenvalue weighted by Crippen LogP contribution is -1.84. The minimum absolute atomic E-state index is 0.499. The Morgan fingerprint density at radius 3 is 2.33 bits per heavy atom. The third kappa shape index (κ3) is 1.86. The lowest BCUT2D eigenvalue weighted by molar-refractivity contribution is 1.48. The monoisotopic (exact) mass is 213 g/mol. The Labute approximate surface area is 93.5 Å². The second-order valence-electron chi connectivity index (χ2n) is 3.14. The second kappa shape index (κ2) is 4.16. The first kappa shape index (κ1) is 9.76. The van der Waals surface area contributed by atoms with Crippen LogP contribution in [0.3, 0.4) is 0 Å². The van der Waals surface area contributed by atoms with E-state index in [0.717, 1.165) is 11.1 Å². The van der Waals surface area contributed by atoms with Crippen molar-refractivity contribution < 1.29 is 0 Å². The zero-order valence-electron chi connectivity index (χ0n) is 7.94. The number of nitrogens with zero attached hydrogens (tertiary/aromatic N) is 1. The van der Waals surface area contributed by atoms with Crippen molar-refractivity contribution in [3.8, 4) is 17.2 Å². The molecule has 2 rings (SSSR count). The largest absolute Gasteiger partial charge is 0.192 e. The van der Waals surface area contributed by atoms with Gasteiger partial charge in [-0.3, -0.25) is 0 Å². The third-order valence-electron chi connectivity index (χ3n) is 2.21. The van der Waals surface area contributed by atoms with E-state index in [4.69, 9.17) is 16.9 Å². The summed E-state index contributed by atoms with van der Waals surface area (Å²) in [6.07, 6.45) is 0. The van der Waals surface area contributed by atoms with Gasteiger partial charge in [-0.25, -0.2) is 0 Å². The molecule has 0 amide bonds. The lowest BCUT2D eigenvalue weighted by Gasteiger charge is -2.04. The quantitative estimate of drug-likeness (QED) is 0.705. The predicted molar refractivity (Wildman–Crippen MR) is 61.6 cm³/mol. The van der Waals surface area contributed by atoms with E-state index < -0.39 is 0 Å². The summed E-state index contributed by atoms with van der Waals surface area (Å²) in [6, 6.07) is 17.4. The third-order valence-corrected chi connectivity index (χ3v) is 2.53. The summed E-state index contributed by atoms with van der Waals surface area (Å²) in [5, 5.41) is 9.53. The minimum Gasteiger partial charge on any atom is -0.192 e. The predicted octanol–water partition coefficient (Wildman–Crippen LogP) is 3.88. The van der Waals surface area contributed by atoms with Gasteiger partial charge in [-0.15, -0.1) is 0 Å². The van der Waals surface area contributed by atoms with Crippen LogP contribution in [0.2, 0.25) is 5.02 Å². The summed E-state index contributed by atoms with van der Waals surface area (Å²) in [4.78, 5) is 0. The van der Waals surface area contributed by atoms with Crippen LogP contribution in [0, 0.1) is 11.3 Å². The van der Waals surface area contributed by atoms with E-state index in [1.54, 1.807) is 6.07 Å². The maximum absolute atomic E-state index is 9.03. The van der Waals surface area contributed by atoms with Crippen LogP contribution in [0.4, 0.5) is 0 Å². The maximum Gasteiger partial charge on any atom is 0.101 e. The van der Waals surface area contributed by atoms with Gasteiger partial charge in [-0.05, 0) is 11.6 Å². The summed E-state index contributed by atoms with van der Waals surface area (Å²) >= 11 is 5.96. The van der Waals surface area contributed by atoms with Crippen molar-refractivity contribution in [3.05, 3.63) is 59.1 Å². The molecule has 0 saturated heterocycles. The van der Waals surface area contributed by atoms with Crippen molar-refractivity contribution in [1.82, 2.24) is 0 Å². The number of halogens is 1. The van der Waals surface area contributed by atoms with Crippen LogP contribution in [0.15, 0.2) is 48.5 Å². The first-order valence-corrected chi connectivity index (χ1v) is 4.95. The Bertz CT molecular complexity index is 512. The molecule has 0 radical (unpaired) electrons. The van der Waals surface area contributed by atoms with Crippen molar-refractivity contribution in [2.24, 2.45) is 0 Å². The molecular weight excluding hydrogens is 206 g/mol. The van der Waals surface area contributed by atoms with E-state index in [-0.39, 0.29) is 0 Å². The highest BCUT2D eigenvalue weighted by molar-refractivity contribution is 6.32. The Hall–Kier alpha value is -1.78. The first-order valence-electron chi connectivity index (χ1n) is 4.57. The number of hydrogen-bond donors (Lipinski definition) is 0. The molecule has 0 bridgehead atoms. The van der Waals surface area contributed by atoms with Crippen LogP contribution >= 0.6 is 11.6 Å². The fourth-order valence-corrected chi connectivity index (χ4v) is 1.71. The van der Waals surface area contributed by atoms with Gasteiger partial charge in [0.2, 0.25) is 0 Å². The number of rotatable bonds is 1. The molecule has 1 nitrogen and oxygen atoms in total. The normalized spacial score (nSPS) is 9.60. The van der Waals surface area contributed by atoms with Crippen LogP contribution in [0.25, 0.3) is 11.1 Å². The molecule has 0 atom stereocenters. The standard InChI is InChI=1S/C13H8ClN/c14-13-8-4-7-11(12(13)9-15)10-5-2-1-3-6-10/h1-8H. The zero-order valence-corrected chi connectivity index (χ0v) is 8.70. The van der Waals surface area contributed by atoms with Gasteiger partial charge >= 0.3 is 0 Å². The topological polar surface area (TPSA) is 23.8 Å². The van der Waals surface area contributed by atoms with E-state index in [1.165, 1.54) is 0 Å². The Kier molecular flexibility index (Phi) is 2.71. The van der Waals surface area contributed by atoms with Gasteiger partial charge in [0.05, 0.1) is 10.6 Å². The van der Waals surface area contributed by atoms with Gasteiger partial charge in [0, 0.05) is 5.56 Å². The van der Waals surface area contributed by atoms with E-state index >= 15 is 0 Å². The van der Waals surface area contributed by atoms with Crippen molar-refractivity contribution in [2.75, 3.05) is 0 Å². The molecular formula is C13H8ClN. The maximum atomic E-state index is 9.03. The molecule has 0 unspecified atom stereocenters. The fraction of sp³-hybridized carbons (Fsp3) is 0. The Morgan fingerprint density at radius 1 is 0.933 bits per heavy atom. The molecule has 0 N–H and O–H groups in total. The molecule has 0 spiro atoms. The molecule has 72 valence electrons. The Balaban J connectivity index is 2.65. The molecule has 2 aromatic rings. The van der Waals surface area contributed by atoms with Crippen LogP contribution < -0.4 is 0 Å². The van der Waals surface area contributed by atoms with Crippen LogP contribution in [0.5, 0.6) is 0 Å². The molecule has 0 aliphatic heterocycles. The molecule has 15 heavy (non-hydrogen) atoms. The highest BCUT2D eigenvalue weighted by Gasteiger charge is 2.07. The Morgan fingerprint density at radius 2 is 1.67 bits per heavy atom. The number of hydrogen-bond acceptors (Lipinski definition) is 1. The van der Waals surface area contributed by atoms with Crippen molar-refractivity contribution in [3.63, 3.8) is 0 Å². The summed E-state index contributed by atoms with van der Waals surface area (Å²) in [6.45, 7) is 0. The smallest absolute Gasteiger partial charge is 0.101 e. The molecule has 0 fully saturated rings. The highest BCUT2D eigenvalue weighted by Crippen LogP contribution is 2.27. The lowest BCUT2D eigenvalue weighted by atomic mass is 10.0. The van der Waals surface area contributed by atoms with Gasteiger partial charge in [0.15, 0.2) is 0 Å². The van der Waals surface area contributed by atoms with Crippen molar-refractivity contribution in [1.29, 1.82) is 5.26 Å². The highest BCUT2D eigenvalue weighted by atomic mass is 35.5. The van der Waals surface area contributed by atoms with Crippen LogP contribution in [0.1, 0.15) is 5.56 Å². The second-order valence-corrected chi connectivity index (χ2v) is 3.55. The average Bonchev–Trinajstić information content (AvgIpc) is 2.30. The van der Waals surface area contributed by atoms with Gasteiger partial charge in [0.25, 0.3) is 0 Å². The minimum atomic E-state index is 0.499. The molecule has 0 aliphatic carbocycles. The SMILES string of the molecule is N#Cc1c(Cl)cccc1-c1ccccc1.